The number of hydrogen-bond acceptors (Lipinski definition) is 3. The van der Waals surface area contributed by atoms with Crippen molar-refractivity contribution in [3.05, 3.63) is 60.2 Å². The van der Waals surface area contributed by atoms with Crippen LogP contribution in [0.4, 0.5) is 14.5 Å². The van der Waals surface area contributed by atoms with Crippen LogP contribution in [-0.4, -0.2) is 6.02 Å². The van der Waals surface area contributed by atoms with E-state index in [4.69, 9.17) is 10.00 Å². The van der Waals surface area contributed by atoms with E-state index in [0.717, 1.165) is 6.07 Å². The van der Waals surface area contributed by atoms with Crippen LogP contribution in [0, 0.1) is 23.1 Å². The van der Waals surface area contributed by atoms with Gasteiger partial charge in [-0.25, -0.2) is 14.1 Å². The van der Waals surface area contributed by atoms with Crippen LogP contribution in [0.2, 0.25) is 0 Å². The second-order valence-corrected chi connectivity index (χ2v) is 3.64. The van der Waals surface area contributed by atoms with Gasteiger partial charge < -0.3 is 4.74 Å². The van der Waals surface area contributed by atoms with Crippen molar-refractivity contribution in [2.75, 3.05) is 0 Å². The van der Waals surface area contributed by atoms with Crippen LogP contribution in [0.25, 0.3) is 0 Å². The van der Waals surface area contributed by atoms with E-state index in [1.165, 1.54) is 12.1 Å². The molecule has 0 radical (unpaired) electrons. The molecule has 100 valence electrons. The van der Waals surface area contributed by atoms with Gasteiger partial charge in [0.05, 0.1) is 0 Å². The molecule has 1 N–H and O–H groups in total. The fraction of sp³-hybridized carbons (Fsp3) is 0. The second-order valence-electron chi connectivity index (χ2n) is 3.64. The minimum absolute atomic E-state index is 0.247. The van der Waals surface area contributed by atoms with Gasteiger partial charge in [-0.2, -0.15) is 10.3 Å². The van der Waals surface area contributed by atoms with E-state index in [1.54, 1.807) is 36.5 Å². The molecule has 0 aliphatic carbocycles. The average molecular weight is 273 g/mol. The van der Waals surface area contributed by atoms with Crippen LogP contribution < -0.4 is 10.1 Å². The van der Waals surface area contributed by atoms with E-state index in [2.05, 4.69) is 10.3 Å². The molecule has 2 aromatic carbocycles. The molecule has 0 heterocycles. The van der Waals surface area contributed by atoms with E-state index in [0.29, 0.717) is 5.75 Å². The Morgan fingerprint density at radius 3 is 2.55 bits per heavy atom. The normalized spacial score (nSPS) is 10.8. The number of nitrogens with zero attached hydrogens (tertiary/aromatic N) is 2. The van der Waals surface area contributed by atoms with Gasteiger partial charge in [0.1, 0.15) is 11.4 Å². The number of nitrogens with one attached hydrogen (secondary N) is 1. The summed E-state index contributed by atoms with van der Waals surface area (Å²) < 4.78 is 31.8. The second kappa shape index (κ2) is 6.29. The van der Waals surface area contributed by atoms with E-state index < -0.39 is 11.6 Å². The predicted octanol–water partition coefficient (Wildman–Crippen LogP) is 3.10. The highest BCUT2D eigenvalue weighted by Crippen LogP contribution is 2.20. The predicted molar refractivity (Wildman–Crippen MR) is 69.3 cm³/mol. The van der Waals surface area contributed by atoms with Crippen molar-refractivity contribution in [1.82, 2.24) is 5.32 Å². The number of aliphatic imine (C=N–C) groups is 1. The van der Waals surface area contributed by atoms with Gasteiger partial charge >= 0.3 is 6.02 Å². The van der Waals surface area contributed by atoms with Gasteiger partial charge in [-0.3, -0.25) is 0 Å². The highest BCUT2D eigenvalue weighted by molar-refractivity contribution is 5.80. The van der Waals surface area contributed by atoms with Crippen molar-refractivity contribution in [3.63, 3.8) is 0 Å². The Morgan fingerprint density at radius 2 is 1.85 bits per heavy atom. The van der Waals surface area contributed by atoms with Crippen molar-refractivity contribution in [1.29, 1.82) is 5.26 Å². The number of rotatable bonds is 2. The van der Waals surface area contributed by atoms with Crippen molar-refractivity contribution >= 4 is 11.7 Å². The summed E-state index contributed by atoms with van der Waals surface area (Å²) in [5.41, 5.74) is -0.265. The third-order valence-corrected chi connectivity index (χ3v) is 2.27. The number of halogens is 2. The lowest BCUT2D eigenvalue weighted by Crippen LogP contribution is -2.24. The molecule has 2 aromatic rings. The van der Waals surface area contributed by atoms with Gasteiger partial charge in [0.2, 0.25) is 0 Å². The minimum atomic E-state index is -1.11. The first-order valence-corrected chi connectivity index (χ1v) is 5.61. The van der Waals surface area contributed by atoms with Gasteiger partial charge in [-0.15, -0.1) is 0 Å². The molecule has 0 atom stereocenters. The number of amidine groups is 1. The maximum atomic E-state index is 13.5. The lowest BCUT2D eigenvalue weighted by atomic mass is 10.3. The molecule has 0 aromatic heterocycles. The molecule has 0 bridgehead atoms. The molecule has 0 saturated heterocycles. The van der Waals surface area contributed by atoms with Crippen molar-refractivity contribution in [2.24, 2.45) is 4.99 Å². The summed E-state index contributed by atoms with van der Waals surface area (Å²) in [6.07, 6.45) is 1.62. The van der Waals surface area contributed by atoms with Crippen LogP contribution in [0.5, 0.6) is 5.75 Å². The summed E-state index contributed by atoms with van der Waals surface area (Å²) in [6, 6.07) is 11.8. The van der Waals surface area contributed by atoms with E-state index in [1.807, 2.05) is 0 Å². The molecule has 0 amide bonds. The molecule has 0 unspecified atom stereocenters. The molecule has 0 aliphatic rings. The smallest absolute Gasteiger partial charge is 0.309 e. The van der Waals surface area contributed by atoms with Crippen LogP contribution in [0.1, 0.15) is 0 Å². The summed E-state index contributed by atoms with van der Waals surface area (Å²) in [6.45, 7) is 0. The number of nitriles is 1. The maximum Gasteiger partial charge on any atom is 0.309 e. The third kappa shape index (κ3) is 3.29. The minimum Gasteiger partial charge on any atom is -0.425 e. The Labute approximate surface area is 114 Å². The Kier molecular flexibility index (Phi) is 4.24. The first-order chi connectivity index (χ1) is 9.70. The van der Waals surface area contributed by atoms with Crippen molar-refractivity contribution in [3.8, 4) is 11.9 Å². The summed E-state index contributed by atoms with van der Waals surface area (Å²) in [5.74, 6) is -1.73. The third-order valence-electron chi connectivity index (χ3n) is 2.27. The monoisotopic (exact) mass is 273 g/mol. The van der Waals surface area contributed by atoms with Gasteiger partial charge in [0.15, 0.2) is 17.8 Å². The molecule has 4 nitrogen and oxygen atoms in total. The van der Waals surface area contributed by atoms with Crippen LogP contribution >= 0.6 is 0 Å². The molecule has 0 aliphatic heterocycles. The lowest BCUT2D eigenvalue weighted by Gasteiger charge is -2.06. The Morgan fingerprint density at radius 1 is 1.10 bits per heavy atom. The Balaban J connectivity index is 2.31. The van der Waals surface area contributed by atoms with E-state index >= 15 is 0 Å². The quantitative estimate of drug-likeness (QED) is 0.396. The van der Waals surface area contributed by atoms with Gasteiger partial charge in [-0.05, 0) is 24.3 Å². The molecule has 20 heavy (non-hydrogen) atoms. The molecule has 2 rings (SSSR count). The summed E-state index contributed by atoms with van der Waals surface area (Å²) in [7, 11) is 0. The zero-order valence-electron chi connectivity index (χ0n) is 10.2. The van der Waals surface area contributed by atoms with E-state index in [-0.39, 0.29) is 11.7 Å². The highest BCUT2D eigenvalue weighted by atomic mass is 19.2. The highest BCUT2D eigenvalue weighted by Gasteiger charge is 2.09. The largest absolute Gasteiger partial charge is 0.425 e. The van der Waals surface area contributed by atoms with Crippen LogP contribution in [0.15, 0.2) is 53.5 Å². The van der Waals surface area contributed by atoms with Crippen LogP contribution in [0.3, 0.4) is 0 Å². The number of benzene rings is 2. The van der Waals surface area contributed by atoms with Gasteiger partial charge in [0, 0.05) is 0 Å². The SMILES string of the molecule is N#CNC(=Nc1cccc(F)c1F)Oc1ccccc1. The molecule has 0 fully saturated rings. The fourth-order valence-electron chi connectivity index (χ4n) is 1.41. The lowest BCUT2D eigenvalue weighted by molar-refractivity contribution is 0.506. The number of para-hydroxylation sites is 1. The first-order valence-electron chi connectivity index (χ1n) is 5.61. The summed E-state index contributed by atoms with van der Waals surface area (Å²) in [4.78, 5) is 3.75. The average Bonchev–Trinajstić information content (AvgIpc) is 2.45. The van der Waals surface area contributed by atoms with Gasteiger partial charge in [-0.1, -0.05) is 24.3 Å². The molecule has 0 spiro atoms. The van der Waals surface area contributed by atoms with Crippen molar-refractivity contribution < 1.29 is 13.5 Å². The summed E-state index contributed by atoms with van der Waals surface area (Å²) in [5, 5.41) is 10.8. The number of hydrogen-bond donors (Lipinski definition) is 1. The van der Waals surface area contributed by atoms with E-state index in [9.17, 15) is 8.78 Å². The molecule has 6 heteroatoms. The molecular formula is C14H9F2N3O. The molecule has 0 saturated carbocycles. The zero-order valence-corrected chi connectivity index (χ0v) is 10.2. The fourth-order valence-corrected chi connectivity index (χ4v) is 1.41. The number of ether oxygens (including phenoxy) is 1. The maximum absolute atomic E-state index is 13.5. The zero-order chi connectivity index (χ0) is 14.4. The van der Waals surface area contributed by atoms with Crippen LogP contribution in [-0.2, 0) is 0 Å². The Hall–Kier alpha value is -2.94. The Bertz CT molecular complexity index is 666. The van der Waals surface area contributed by atoms with Gasteiger partial charge in [0.25, 0.3) is 0 Å². The standard InChI is InChI=1S/C14H9F2N3O/c15-11-7-4-8-12(13(11)16)19-14(18-9-17)20-10-5-2-1-3-6-10/h1-8H,(H,18,19). The van der Waals surface area contributed by atoms with Crippen molar-refractivity contribution in [2.45, 2.75) is 0 Å². The topological polar surface area (TPSA) is 57.4 Å². The first kappa shape index (κ1) is 13.5. The summed E-state index contributed by atoms with van der Waals surface area (Å²) >= 11 is 0. The molecular weight excluding hydrogens is 264 g/mol.